The van der Waals surface area contributed by atoms with Crippen molar-refractivity contribution in [2.75, 3.05) is 12.3 Å². The fourth-order valence-corrected chi connectivity index (χ4v) is 2.17. The van der Waals surface area contributed by atoms with Crippen molar-refractivity contribution in [3.63, 3.8) is 0 Å². The second kappa shape index (κ2) is 6.87. The van der Waals surface area contributed by atoms with E-state index in [2.05, 4.69) is 4.90 Å². The molecule has 0 saturated heterocycles. The van der Waals surface area contributed by atoms with Crippen LogP contribution in [0.4, 0.5) is 10.1 Å². The lowest BCUT2D eigenvalue weighted by Crippen LogP contribution is -2.23. The first-order valence-electron chi connectivity index (χ1n) is 6.87. The van der Waals surface area contributed by atoms with Gasteiger partial charge in [-0.1, -0.05) is 19.1 Å². The normalized spacial score (nSPS) is 10.6. The number of hydrogen-bond acceptors (Lipinski definition) is 3. The highest BCUT2D eigenvalue weighted by Gasteiger charge is 2.09. The molecular formula is C17H18FN3. The maximum Gasteiger partial charge on any atom is 0.127 e. The van der Waals surface area contributed by atoms with Gasteiger partial charge in [-0.05, 0) is 42.4 Å². The summed E-state index contributed by atoms with van der Waals surface area (Å²) in [4.78, 5) is 2.12. The molecular weight excluding hydrogens is 265 g/mol. The van der Waals surface area contributed by atoms with E-state index in [1.165, 1.54) is 12.1 Å². The zero-order valence-electron chi connectivity index (χ0n) is 12.0. The summed E-state index contributed by atoms with van der Waals surface area (Å²) in [7, 11) is 0. The molecule has 3 nitrogen and oxygen atoms in total. The summed E-state index contributed by atoms with van der Waals surface area (Å²) in [6, 6.07) is 14.2. The third kappa shape index (κ3) is 4.04. The quantitative estimate of drug-likeness (QED) is 0.857. The smallest absolute Gasteiger partial charge is 0.127 e. The second-order valence-electron chi connectivity index (χ2n) is 4.96. The van der Waals surface area contributed by atoms with E-state index in [0.29, 0.717) is 24.2 Å². The first kappa shape index (κ1) is 15.0. The highest BCUT2D eigenvalue weighted by molar-refractivity contribution is 5.39. The van der Waals surface area contributed by atoms with Crippen LogP contribution in [0.25, 0.3) is 0 Å². The Hall–Kier alpha value is -2.38. The summed E-state index contributed by atoms with van der Waals surface area (Å²) >= 11 is 0. The zero-order valence-corrected chi connectivity index (χ0v) is 12.0. The lowest BCUT2D eigenvalue weighted by Gasteiger charge is -2.21. The van der Waals surface area contributed by atoms with Crippen molar-refractivity contribution in [1.29, 1.82) is 5.26 Å². The lowest BCUT2D eigenvalue weighted by molar-refractivity contribution is 0.267. The number of halogens is 1. The van der Waals surface area contributed by atoms with Gasteiger partial charge in [0.05, 0.1) is 11.6 Å². The zero-order chi connectivity index (χ0) is 15.2. The van der Waals surface area contributed by atoms with Gasteiger partial charge < -0.3 is 5.73 Å². The van der Waals surface area contributed by atoms with E-state index in [1.54, 1.807) is 6.07 Å². The van der Waals surface area contributed by atoms with E-state index in [-0.39, 0.29) is 5.82 Å². The first-order valence-corrected chi connectivity index (χ1v) is 6.87. The van der Waals surface area contributed by atoms with E-state index in [1.807, 2.05) is 37.3 Å². The molecule has 2 aromatic carbocycles. The van der Waals surface area contributed by atoms with Gasteiger partial charge in [-0.3, -0.25) is 4.90 Å². The fraction of sp³-hybridized carbons (Fsp3) is 0.235. The molecule has 0 spiro atoms. The topological polar surface area (TPSA) is 53.0 Å². The molecule has 108 valence electrons. The number of nitrogens with two attached hydrogens (primary N) is 1. The van der Waals surface area contributed by atoms with Crippen LogP contribution in [0.5, 0.6) is 0 Å². The Balaban J connectivity index is 2.12. The molecule has 0 atom stereocenters. The Morgan fingerprint density at radius 3 is 2.48 bits per heavy atom. The van der Waals surface area contributed by atoms with Crippen LogP contribution >= 0.6 is 0 Å². The lowest BCUT2D eigenvalue weighted by atomic mass is 10.1. The number of anilines is 1. The summed E-state index contributed by atoms with van der Waals surface area (Å²) in [5.41, 5.74) is 8.56. The standard InChI is InChI=1S/C17H18FN3/c1-2-21(11-13-3-6-16(20)7-4-13)12-15-9-14(10-19)5-8-17(15)18/h3-9H,2,11-12,20H2,1H3. The number of nitriles is 1. The molecule has 0 radical (unpaired) electrons. The minimum Gasteiger partial charge on any atom is -0.399 e. The Morgan fingerprint density at radius 1 is 1.14 bits per heavy atom. The van der Waals surface area contributed by atoms with Crippen LogP contribution in [0.1, 0.15) is 23.6 Å². The highest BCUT2D eigenvalue weighted by atomic mass is 19.1. The first-order chi connectivity index (χ1) is 10.1. The maximum atomic E-state index is 13.8. The number of rotatable bonds is 5. The third-order valence-corrected chi connectivity index (χ3v) is 3.40. The van der Waals surface area contributed by atoms with Gasteiger partial charge in [-0.2, -0.15) is 5.26 Å². The maximum absolute atomic E-state index is 13.8. The van der Waals surface area contributed by atoms with Crippen LogP contribution in [0.2, 0.25) is 0 Å². The van der Waals surface area contributed by atoms with Crippen LogP contribution in [0, 0.1) is 17.1 Å². The van der Waals surface area contributed by atoms with Gasteiger partial charge in [-0.15, -0.1) is 0 Å². The predicted molar refractivity (Wildman–Crippen MR) is 81.8 cm³/mol. The summed E-state index contributed by atoms with van der Waals surface area (Å²) < 4.78 is 13.8. The molecule has 0 aliphatic heterocycles. The molecule has 2 aromatic rings. The van der Waals surface area contributed by atoms with Crippen molar-refractivity contribution < 1.29 is 4.39 Å². The number of hydrogen-bond donors (Lipinski definition) is 1. The SMILES string of the molecule is CCN(Cc1ccc(N)cc1)Cc1cc(C#N)ccc1F. The van der Waals surface area contributed by atoms with E-state index >= 15 is 0 Å². The highest BCUT2D eigenvalue weighted by Crippen LogP contribution is 2.15. The van der Waals surface area contributed by atoms with Gasteiger partial charge in [0.2, 0.25) is 0 Å². The summed E-state index contributed by atoms with van der Waals surface area (Å²) in [5.74, 6) is -0.273. The monoisotopic (exact) mass is 283 g/mol. The van der Waals surface area contributed by atoms with E-state index in [4.69, 9.17) is 11.0 Å². The minimum absolute atomic E-state index is 0.273. The molecule has 0 amide bonds. The molecule has 0 aromatic heterocycles. The average molecular weight is 283 g/mol. The molecule has 0 saturated carbocycles. The van der Waals surface area contributed by atoms with E-state index in [0.717, 1.165) is 17.8 Å². The Bertz CT molecular complexity index is 644. The van der Waals surface area contributed by atoms with Crippen LogP contribution < -0.4 is 5.73 Å². The molecule has 4 heteroatoms. The van der Waals surface area contributed by atoms with Crippen LogP contribution in [-0.2, 0) is 13.1 Å². The fourth-order valence-electron chi connectivity index (χ4n) is 2.17. The Labute approximate surface area is 124 Å². The van der Waals surface area contributed by atoms with Gasteiger partial charge in [0.15, 0.2) is 0 Å². The van der Waals surface area contributed by atoms with Crippen molar-refractivity contribution in [3.8, 4) is 6.07 Å². The number of nitrogen functional groups attached to an aromatic ring is 1. The molecule has 2 N–H and O–H groups in total. The number of nitrogens with zero attached hydrogens (tertiary/aromatic N) is 2. The van der Waals surface area contributed by atoms with Crippen molar-refractivity contribution in [3.05, 3.63) is 65.0 Å². The predicted octanol–water partition coefficient (Wildman–Crippen LogP) is 3.30. The van der Waals surface area contributed by atoms with Gasteiger partial charge >= 0.3 is 0 Å². The van der Waals surface area contributed by atoms with Gasteiger partial charge in [0.1, 0.15) is 5.82 Å². The molecule has 0 heterocycles. The minimum atomic E-state index is -0.273. The Kier molecular flexibility index (Phi) is 4.91. The number of benzene rings is 2. The third-order valence-electron chi connectivity index (χ3n) is 3.40. The molecule has 0 bridgehead atoms. The summed E-state index contributed by atoms with van der Waals surface area (Å²) in [6.45, 7) is 4.01. The van der Waals surface area contributed by atoms with Crippen molar-refractivity contribution in [1.82, 2.24) is 4.90 Å². The van der Waals surface area contributed by atoms with Gasteiger partial charge in [0, 0.05) is 24.3 Å². The largest absolute Gasteiger partial charge is 0.399 e. The van der Waals surface area contributed by atoms with E-state index in [9.17, 15) is 4.39 Å². The molecule has 0 aliphatic rings. The van der Waals surface area contributed by atoms with Crippen LogP contribution in [-0.4, -0.2) is 11.4 Å². The molecule has 0 unspecified atom stereocenters. The molecule has 2 rings (SSSR count). The van der Waals surface area contributed by atoms with Crippen molar-refractivity contribution in [2.45, 2.75) is 20.0 Å². The summed E-state index contributed by atoms with van der Waals surface area (Å²) in [5, 5.41) is 8.91. The van der Waals surface area contributed by atoms with Crippen LogP contribution in [0.3, 0.4) is 0 Å². The molecule has 21 heavy (non-hydrogen) atoms. The van der Waals surface area contributed by atoms with Crippen molar-refractivity contribution >= 4 is 5.69 Å². The van der Waals surface area contributed by atoms with E-state index < -0.39 is 0 Å². The average Bonchev–Trinajstić information content (AvgIpc) is 2.50. The summed E-state index contributed by atoms with van der Waals surface area (Å²) in [6.07, 6.45) is 0. The van der Waals surface area contributed by atoms with Gasteiger partial charge in [0.25, 0.3) is 0 Å². The van der Waals surface area contributed by atoms with Crippen LogP contribution in [0.15, 0.2) is 42.5 Å². The molecule has 0 fully saturated rings. The van der Waals surface area contributed by atoms with Gasteiger partial charge in [-0.25, -0.2) is 4.39 Å². The molecule has 0 aliphatic carbocycles. The Morgan fingerprint density at radius 2 is 1.86 bits per heavy atom. The van der Waals surface area contributed by atoms with Crippen molar-refractivity contribution in [2.24, 2.45) is 0 Å². The second-order valence-corrected chi connectivity index (χ2v) is 4.96.